The van der Waals surface area contributed by atoms with Crippen LogP contribution in [-0.4, -0.2) is 17.6 Å². The van der Waals surface area contributed by atoms with Crippen LogP contribution in [0.15, 0.2) is 18.2 Å². The molecule has 90 valence electrons. The van der Waals surface area contributed by atoms with Crippen molar-refractivity contribution in [2.24, 2.45) is 0 Å². The first kappa shape index (κ1) is 12.8. The minimum Gasteiger partial charge on any atom is -0.490 e. The van der Waals surface area contributed by atoms with E-state index in [1.807, 2.05) is 0 Å². The molecule has 0 aliphatic carbocycles. The largest absolute Gasteiger partial charge is 0.490 e. The molecule has 0 amide bonds. The molecule has 5 nitrogen and oxygen atoms in total. The van der Waals surface area contributed by atoms with Crippen molar-refractivity contribution in [2.45, 2.75) is 19.4 Å². The number of terminal acetylenes is 1. The van der Waals surface area contributed by atoms with Gasteiger partial charge in [0.1, 0.15) is 5.69 Å². The van der Waals surface area contributed by atoms with E-state index in [4.69, 9.17) is 11.2 Å². The Morgan fingerprint density at radius 1 is 1.53 bits per heavy atom. The Bertz CT molecular complexity index is 475. The first-order chi connectivity index (χ1) is 7.91. The number of hydrogen-bond acceptors (Lipinski definition) is 4. The van der Waals surface area contributed by atoms with Crippen LogP contribution in [0.5, 0.6) is 5.75 Å². The van der Waals surface area contributed by atoms with E-state index in [2.05, 4.69) is 11.2 Å². The van der Waals surface area contributed by atoms with Gasteiger partial charge >= 0.3 is 5.69 Å². The summed E-state index contributed by atoms with van der Waals surface area (Å²) in [5.41, 5.74) is -0.437. The van der Waals surface area contributed by atoms with Crippen LogP contribution in [0.2, 0.25) is 0 Å². The topological polar surface area (TPSA) is 64.4 Å². The fourth-order valence-corrected chi connectivity index (χ4v) is 1.35. The van der Waals surface area contributed by atoms with Gasteiger partial charge in [0.15, 0.2) is 5.75 Å². The minimum atomic E-state index is -0.670. The Morgan fingerprint density at radius 2 is 2.18 bits per heavy atom. The van der Waals surface area contributed by atoms with Gasteiger partial charge in [-0.2, -0.15) is 0 Å². The van der Waals surface area contributed by atoms with E-state index < -0.39 is 10.5 Å². The van der Waals surface area contributed by atoms with Crippen molar-refractivity contribution in [3.05, 3.63) is 28.3 Å². The second kappa shape index (κ2) is 4.74. The molecule has 0 heterocycles. The fraction of sp³-hybridized carbons (Fsp3) is 0.333. The molecule has 0 bridgehead atoms. The summed E-state index contributed by atoms with van der Waals surface area (Å²) in [5.74, 6) is 2.72. The molecule has 0 spiro atoms. The predicted octanol–water partition coefficient (Wildman–Crippen LogP) is 2.43. The molecule has 0 unspecified atom stereocenters. The van der Waals surface area contributed by atoms with Gasteiger partial charge in [0.2, 0.25) is 0 Å². The number of anilines is 1. The summed E-state index contributed by atoms with van der Waals surface area (Å²) in [6.45, 7) is 3.52. The monoisotopic (exact) mass is 234 g/mol. The van der Waals surface area contributed by atoms with Crippen molar-refractivity contribution in [3.63, 3.8) is 0 Å². The maximum atomic E-state index is 11.0. The highest BCUT2D eigenvalue weighted by molar-refractivity contribution is 5.69. The van der Waals surface area contributed by atoms with Gasteiger partial charge in [-0.3, -0.25) is 10.1 Å². The second-order valence-electron chi connectivity index (χ2n) is 4.01. The van der Waals surface area contributed by atoms with E-state index in [1.165, 1.54) is 13.2 Å². The zero-order valence-corrected chi connectivity index (χ0v) is 9.98. The minimum absolute atomic E-state index is 0.113. The lowest BCUT2D eigenvalue weighted by atomic mass is 10.1. The lowest BCUT2D eigenvalue weighted by Gasteiger charge is -2.21. The van der Waals surface area contributed by atoms with E-state index in [9.17, 15) is 10.1 Å². The summed E-state index contributed by atoms with van der Waals surface area (Å²) in [6.07, 6.45) is 5.34. The van der Waals surface area contributed by atoms with Crippen molar-refractivity contribution in [1.82, 2.24) is 0 Å². The van der Waals surface area contributed by atoms with E-state index >= 15 is 0 Å². The zero-order valence-electron chi connectivity index (χ0n) is 9.98. The molecule has 1 aromatic carbocycles. The molecule has 1 rings (SSSR count). The predicted molar refractivity (Wildman–Crippen MR) is 66.2 cm³/mol. The fourth-order valence-electron chi connectivity index (χ4n) is 1.35. The molecule has 0 saturated heterocycles. The molecule has 0 fully saturated rings. The summed E-state index contributed by atoms with van der Waals surface area (Å²) >= 11 is 0. The van der Waals surface area contributed by atoms with Gasteiger partial charge in [0.25, 0.3) is 0 Å². The highest BCUT2D eigenvalue weighted by Crippen LogP contribution is 2.35. The van der Waals surface area contributed by atoms with Gasteiger partial charge in [-0.1, -0.05) is 12.0 Å². The Kier molecular flexibility index (Phi) is 3.59. The third kappa shape index (κ3) is 2.88. The number of nitro groups is 1. The maximum absolute atomic E-state index is 11.0. The average Bonchev–Trinajstić information content (AvgIpc) is 2.27. The van der Waals surface area contributed by atoms with Crippen LogP contribution < -0.4 is 10.1 Å². The Labute approximate surface area is 99.9 Å². The third-order valence-electron chi connectivity index (χ3n) is 2.21. The van der Waals surface area contributed by atoms with E-state index in [1.54, 1.807) is 26.0 Å². The van der Waals surface area contributed by atoms with Gasteiger partial charge in [0, 0.05) is 0 Å². The highest BCUT2D eigenvalue weighted by atomic mass is 16.6. The molecule has 0 aliphatic heterocycles. The van der Waals surface area contributed by atoms with Crippen LogP contribution in [0, 0.1) is 22.5 Å². The number of para-hydroxylation sites is 1. The summed E-state index contributed by atoms with van der Waals surface area (Å²) < 4.78 is 4.96. The van der Waals surface area contributed by atoms with Gasteiger partial charge in [-0.05, 0) is 26.0 Å². The number of methoxy groups -OCH3 is 1. The van der Waals surface area contributed by atoms with Crippen LogP contribution in [-0.2, 0) is 0 Å². The summed E-state index contributed by atoms with van der Waals surface area (Å²) in [5, 5.41) is 13.9. The molecular formula is C12H14N2O3. The average molecular weight is 234 g/mol. The Hall–Kier alpha value is -2.22. The van der Waals surface area contributed by atoms with Crippen molar-refractivity contribution in [2.75, 3.05) is 12.4 Å². The van der Waals surface area contributed by atoms with Crippen LogP contribution in [0.1, 0.15) is 13.8 Å². The lowest BCUT2D eigenvalue weighted by Crippen LogP contribution is -2.28. The SMILES string of the molecule is C#CC(C)(C)Nc1cccc(OC)c1[N+](=O)[O-]. The van der Waals surface area contributed by atoms with Crippen molar-refractivity contribution in [3.8, 4) is 18.1 Å². The van der Waals surface area contributed by atoms with Crippen LogP contribution in [0.4, 0.5) is 11.4 Å². The lowest BCUT2D eigenvalue weighted by molar-refractivity contribution is -0.384. The number of nitrogens with zero attached hydrogens (tertiary/aromatic N) is 1. The van der Waals surface area contributed by atoms with Gasteiger partial charge in [-0.25, -0.2) is 0 Å². The molecule has 0 aliphatic rings. The van der Waals surface area contributed by atoms with Crippen molar-refractivity contribution in [1.29, 1.82) is 0 Å². The first-order valence-electron chi connectivity index (χ1n) is 4.98. The molecular weight excluding hydrogens is 220 g/mol. The number of rotatable bonds is 4. The molecule has 0 radical (unpaired) electrons. The van der Waals surface area contributed by atoms with Gasteiger partial charge in [-0.15, -0.1) is 6.42 Å². The standard InChI is InChI=1S/C12H14N2O3/c1-5-12(2,3)13-9-7-6-8-10(17-4)11(9)14(15)16/h1,6-8,13H,2-4H3. The van der Waals surface area contributed by atoms with Crippen molar-refractivity contribution < 1.29 is 9.66 Å². The second-order valence-corrected chi connectivity index (χ2v) is 4.01. The third-order valence-corrected chi connectivity index (χ3v) is 2.21. The van der Waals surface area contributed by atoms with Crippen LogP contribution in [0.25, 0.3) is 0 Å². The molecule has 1 aromatic rings. The Balaban J connectivity index is 3.25. The number of nitrogens with one attached hydrogen (secondary N) is 1. The molecule has 0 saturated carbocycles. The maximum Gasteiger partial charge on any atom is 0.333 e. The first-order valence-corrected chi connectivity index (χ1v) is 4.98. The molecule has 0 atom stereocenters. The Morgan fingerprint density at radius 3 is 2.65 bits per heavy atom. The van der Waals surface area contributed by atoms with E-state index in [0.717, 1.165) is 0 Å². The molecule has 1 N–H and O–H groups in total. The van der Waals surface area contributed by atoms with E-state index in [-0.39, 0.29) is 11.4 Å². The van der Waals surface area contributed by atoms with Gasteiger partial charge in [0.05, 0.1) is 17.6 Å². The van der Waals surface area contributed by atoms with E-state index in [0.29, 0.717) is 5.69 Å². The normalized spacial score (nSPS) is 10.5. The van der Waals surface area contributed by atoms with Crippen molar-refractivity contribution >= 4 is 11.4 Å². The number of nitro benzene ring substituents is 1. The van der Waals surface area contributed by atoms with Crippen LogP contribution in [0.3, 0.4) is 0 Å². The molecule has 5 heteroatoms. The number of ether oxygens (including phenoxy) is 1. The highest BCUT2D eigenvalue weighted by Gasteiger charge is 2.24. The quantitative estimate of drug-likeness (QED) is 0.493. The summed E-state index contributed by atoms with van der Waals surface area (Å²) in [6, 6.07) is 4.80. The summed E-state index contributed by atoms with van der Waals surface area (Å²) in [4.78, 5) is 10.5. The number of hydrogen-bond donors (Lipinski definition) is 1. The summed E-state index contributed by atoms with van der Waals surface area (Å²) in [7, 11) is 1.39. The smallest absolute Gasteiger partial charge is 0.333 e. The number of benzene rings is 1. The molecule has 17 heavy (non-hydrogen) atoms. The van der Waals surface area contributed by atoms with Crippen LogP contribution >= 0.6 is 0 Å². The van der Waals surface area contributed by atoms with Gasteiger partial charge < -0.3 is 10.1 Å². The zero-order chi connectivity index (χ0) is 13.1. The molecule has 0 aromatic heterocycles.